The molecule has 1 aliphatic heterocycles. The number of amides is 1. The molecule has 3 rings (SSSR count). The quantitative estimate of drug-likeness (QED) is 0.909. The molecule has 1 unspecified atom stereocenters. The van der Waals surface area contributed by atoms with E-state index >= 15 is 0 Å². The molecule has 0 bridgehead atoms. The van der Waals surface area contributed by atoms with E-state index < -0.39 is 0 Å². The number of fused-ring (bicyclic) bond motifs is 1. The van der Waals surface area contributed by atoms with Crippen LogP contribution in [0.5, 0.6) is 5.75 Å². The summed E-state index contributed by atoms with van der Waals surface area (Å²) in [5.74, 6) is 0.486. The molecule has 3 N–H and O–H groups in total. The number of aromatic hydroxyl groups is 1. The van der Waals surface area contributed by atoms with Crippen LogP contribution in [0.3, 0.4) is 0 Å². The van der Waals surface area contributed by atoms with Gasteiger partial charge in [0, 0.05) is 18.5 Å². The first-order valence-corrected chi connectivity index (χ1v) is 7.40. The second-order valence-corrected chi connectivity index (χ2v) is 5.67. The van der Waals surface area contributed by atoms with Crippen molar-refractivity contribution in [3.8, 4) is 5.75 Å². The number of nitrogens with zero attached hydrogens (tertiary/aromatic N) is 1. The van der Waals surface area contributed by atoms with Crippen LogP contribution in [-0.2, 0) is 0 Å². The molecule has 4 nitrogen and oxygen atoms in total. The van der Waals surface area contributed by atoms with Gasteiger partial charge in [-0.15, -0.1) is 0 Å². The molecule has 2 aromatic carbocycles. The minimum Gasteiger partial charge on any atom is -0.506 e. The van der Waals surface area contributed by atoms with Crippen LogP contribution >= 0.6 is 0 Å². The molecule has 0 aliphatic carbocycles. The van der Waals surface area contributed by atoms with Gasteiger partial charge in [-0.1, -0.05) is 30.3 Å². The van der Waals surface area contributed by atoms with Gasteiger partial charge in [0.05, 0.1) is 5.56 Å². The van der Waals surface area contributed by atoms with Gasteiger partial charge in [-0.25, -0.2) is 0 Å². The standard InChI is InChI=1S/C17H20N2O2/c18-9-7-12-8-10-19(11-12)17(21)15-6-5-13-3-1-2-4-14(13)16(15)20/h1-6,12,20H,7-11,18H2. The lowest BCUT2D eigenvalue weighted by Gasteiger charge is -2.18. The molecule has 1 fully saturated rings. The van der Waals surface area contributed by atoms with E-state index in [1.165, 1.54) is 0 Å². The van der Waals surface area contributed by atoms with Crippen LogP contribution in [0, 0.1) is 5.92 Å². The number of carbonyl (C=O) groups is 1. The summed E-state index contributed by atoms with van der Waals surface area (Å²) in [6.45, 7) is 2.14. The highest BCUT2D eigenvalue weighted by Gasteiger charge is 2.28. The number of hydrogen-bond donors (Lipinski definition) is 2. The van der Waals surface area contributed by atoms with Gasteiger partial charge in [0.25, 0.3) is 5.91 Å². The smallest absolute Gasteiger partial charge is 0.257 e. The first-order chi connectivity index (χ1) is 10.2. The zero-order chi connectivity index (χ0) is 14.8. The molecule has 1 heterocycles. The van der Waals surface area contributed by atoms with Crippen molar-refractivity contribution in [3.05, 3.63) is 42.0 Å². The summed E-state index contributed by atoms with van der Waals surface area (Å²) in [5.41, 5.74) is 5.97. The zero-order valence-corrected chi connectivity index (χ0v) is 12.0. The second-order valence-electron chi connectivity index (χ2n) is 5.67. The van der Waals surface area contributed by atoms with Crippen LogP contribution in [-0.4, -0.2) is 35.5 Å². The molecule has 2 aromatic rings. The average Bonchev–Trinajstić information content (AvgIpc) is 2.96. The summed E-state index contributed by atoms with van der Waals surface area (Å²) >= 11 is 0. The number of carbonyl (C=O) groups excluding carboxylic acids is 1. The van der Waals surface area contributed by atoms with Gasteiger partial charge in [-0.05, 0) is 36.8 Å². The lowest BCUT2D eigenvalue weighted by molar-refractivity contribution is 0.0784. The molecular formula is C17H20N2O2. The van der Waals surface area contributed by atoms with E-state index in [0.29, 0.717) is 18.0 Å². The van der Waals surface area contributed by atoms with Gasteiger partial charge < -0.3 is 15.7 Å². The summed E-state index contributed by atoms with van der Waals surface area (Å²) in [7, 11) is 0. The van der Waals surface area contributed by atoms with E-state index in [1.807, 2.05) is 35.2 Å². The summed E-state index contributed by atoms with van der Waals surface area (Å²) < 4.78 is 0. The molecule has 0 aromatic heterocycles. The average molecular weight is 284 g/mol. The Morgan fingerprint density at radius 1 is 1.29 bits per heavy atom. The van der Waals surface area contributed by atoms with Crippen LogP contribution in [0.2, 0.25) is 0 Å². The third-order valence-corrected chi connectivity index (χ3v) is 4.28. The SMILES string of the molecule is NCCC1CCN(C(=O)c2ccc3ccccc3c2O)C1. The van der Waals surface area contributed by atoms with Gasteiger partial charge >= 0.3 is 0 Å². The number of phenols is 1. The molecule has 1 amide bonds. The fourth-order valence-corrected chi connectivity index (χ4v) is 3.09. The molecule has 1 saturated heterocycles. The van der Waals surface area contributed by atoms with Gasteiger partial charge in [0.15, 0.2) is 0 Å². The second kappa shape index (κ2) is 5.74. The normalized spacial score (nSPS) is 18.3. The minimum atomic E-state index is -0.0854. The van der Waals surface area contributed by atoms with Crippen molar-refractivity contribution in [2.24, 2.45) is 11.7 Å². The molecule has 0 radical (unpaired) electrons. The maximum absolute atomic E-state index is 12.6. The summed E-state index contributed by atoms with van der Waals surface area (Å²) in [6.07, 6.45) is 1.95. The Bertz CT molecular complexity index is 669. The first-order valence-electron chi connectivity index (χ1n) is 7.40. The van der Waals surface area contributed by atoms with Crippen molar-refractivity contribution in [1.82, 2.24) is 4.90 Å². The van der Waals surface area contributed by atoms with Crippen LogP contribution in [0.1, 0.15) is 23.2 Å². The highest BCUT2D eigenvalue weighted by Crippen LogP contribution is 2.31. The van der Waals surface area contributed by atoms with E-state index in [9.17, 15) is 9.90 Å². The maximum atomic E-state index is 12.6. The predicted octanol–water partition coefficient (Wildman–Crippen LogP) is 2.36. The largest absolute Gasteiger partial charge is 0.506 e. The van der Waals surface area contributed by atoms with E-state index in [4.69, 9.17) is 5.73 Å². The zero-order valence-electron chi connectivity index (χ0n) is 12.0. The fraction of sp³-hybridized carbons (Fsp3) is 0.353. The van der Waals surface area contributed by atoms with Crippen molar-refractivity contribution in [2.45, 2.75) is 12.8 Å². The number of rotatable bonds is 3. The number of hydrogen-bond acceptors (Lipinski definition) is 3. The summed E-state index contributed by atoms with van der Waals surface area (Å²) in [5, 5.41) is 12.0. The highest BCUT2D eigenvalue weighted by atomic mass is 16.3. The molecular weight excluding hydrogens is 264 g/mol. The maximum Gasteiger partial charge on any atom is 0.257 e. The number of benzene rings is 2. The van der Waals surface area contributed by atoms with Crippen LogP contribution in [0.15, 0.2) is 36.4 Å². The molecule has 0 saturated carbocycles. The van der Waals surface area contributed by atoms with Crippen molar-refractivity contribution in [2.75, 3.05) is 19.6 Å². The van der Waals surface area contributed by atoms with E-state index in [0.717, 1.165) is 36.7 Å². The Morgan fingerprint density at radius 3 is 2.90 bits per heavy atom. The molecule has 1 atom stereocenters. The van der Waals surface area contributed by atoms with Gasteiger partial charge in [0.2, 0.25) is 0 Å². The van der Waals surface area contributed by atoms with Crippen molar-refractivity contribution < 1.29 is 9.90 Å². The number of phenolic OH excluding ortho intramolecular Hbond substituents is 1. The lowest BCUT2D eigenvalue weighted by atomic mass is 10.0. The van der Waals surface area contributed by atoms with Crippen molar-refractivity contribution >= 4 is 16.7 Å². The Labute approximate surface area is 124 Å². The summed E-state index contributed by atoms with van der Waals surface area (Å²) in [6, 6.07) is 11.1. The topological polar surface area (TPSA) is 66.6 Å². The van der Waals surface area contributed by atoms with Gasteiger partial charge in [-0.3, -0.25) is 4.79 Å². The van der Waals surface area contributed by atoms with E-state index in [1.54, 1.807) is 6.07 Å². The monoisotopic (exact) mass is 284 g/mol. The minimum absolute atomic E-state index is 0.0837. The molecule has 21 heavy (non-hydrogen) atoms. The highest BCUT2D eigenvalue weighted by molar-refractivity contribution is 6.03. The van der Waals surface area contributed by atoms with Gasteiger partial charge in [0.1, 0.15) is 5.75 Å². The number of likely N-dealkylation sites (tertiary alicyclic amines) is 1. The van der Waals surface area contributed by atoms with E-state index in [2.05, 4.69) is 0 Å². The third-order valence-electron chi connectivity index (χ3n) is 4.28. The number of nitrogens with two attached hydrogens (primary N) is 1. The van der Waals surface area contributed by atoms with Crippen molar-refractivity contribution in [1.29, 1.82) is 0 Å². The van der Waals surface area contributed by atoms with Crippen LogP contribution < -0.4 is 5.73 Å². The van der Waals surface area contributed by atoms with Gasteiger partial charge in [-0.2, -0.15) is 0 Å². The lowest BCUT2D eigenvalue weighted by Crippen LogP contribution is -2.29. The Kier molecular flexibility index (Phi) is 3.80. The predicted molar refractivity (Wildman–Crippen MR) is 83.3 cm³/mol. The van der Waals surface area contributed by atoms with Crippen LogP contribution in [0.4, 0.5) is 0 Å². The Morgan fingerprint density at radius 2 is 2.10 bits per heavy atom. The Hall–Kier alpha value is -2.07. The Balaban J connectivity index is 1.87. The molecule has 0 spiro atoms. The van der Waals surface area contributed by atoms with Crippen molar-refractivity contribution in [3.63, 3.8) is 0 Å². The van der Waals surface area contributed by atoms with E-state index in [-0.39, 0.29) is 11.7 Å². The first kappa shape index (κ1) is 13.9. The fourth-order valence-electron chi connectivity index (χ4n) is 3.09. The third kappa shape index (κ3) is 2.59. The summed E-state index contributed by atoms with van der Waals surface area (Å²) in [4.78, 5) is 14.4. The molecule has 1 aliphatic rings. The van der Waals surface area contributed by atoms with Crippen LogP contribution in [0.25, 0.3) is 10.8 Å². The molecule has 110 valence electrons. The molecule has 4 heteroatoms.